The minimum absolute atomic E-state index is 0.144. The first-order chi connectivity index (χ1) is 9.97. The van der Waals surface area contributed by atoms with Crippen molar-refractivity contribution < 1.29 is 13.2 Å². The summed E-state index contributed by atoms with van der Waals surface area (Å²) >= 11 is 0. The van der Waals surface area contributed by atoms with Gasteiger partial charge in [0.05, 0.1) is 19.3 Å². The van der Waals surface area contributed by atoms with Gasteiger partial charge in [0.25, 0.3) is 0 Å². The van der Waals surface area contributed by atoms with Crippen LogP contribution in [0.1, 0.15) is 26.7 Å². The first-order valence-corrected chi connectivity index (χ1v) is 8.81. The van der Waals surface area contributed by atoms with Gasteiger partial charge in [0, 0.05) is 31.4 Å². The van der Waals surface area contributed by atoms with E-state index >= 15 is 0 Å². The zero-order valence-corrected chi connectivity index (χ0v) is 13.4. The number of nitrogens with one attached hydrogen (secondary N) is 2. The van der Waals surface area contributed by atoms with Crippen LogP contribution in [-0.2, 0) is 21.3 Å². The van der Waals surface area contributed by atoms with Crippen LogP contribution in [0.3, 0.4) is 0 Å². The van der Waals surface area contributed by atoms with Crippen LogP contribution in [0.5, 0.6) is 0 Å². The number of aromatic nitrogens is 2. The molecule has 0 amide bonds. The summed E-state index contributed by atoms with van der Waals surface area (Å²) in [6.45, 7) is 6.66. The highest BCUT2D eigenvalue weighted by molar-refractivity contribution is 7.89. The topological polar surface area (TPSA) is 85.2 Å². The average molecular weight is 316 g/mol. The fourth-order valence-corrected chi connectivity index (χ4v) is 3.40. The molecule has 1 aromatic heterocycles. The number of sulfonamides is 1. The molecule has 7 nitrogen and oxygen atoms in total. The van der Waals surface area contributed by atoms with E-state index in [0.29, 0.717) is 25.8 Å². The summed E-state index contributed by atoms with van der Waals surface area (Å²) in [7, 11) is -3.51. The van der Waals surface area contributed by atoms with E-state index in [-0.39, 0.29) is 10.9 Å². The molecule has 1 aromatic rings. The second-order valence-corrected chi connectivity index (χ2v) is 7.30. The quantitative estimate of drug-likeness (QED) is 0.757. The van der Waals surface area contributed by atoms with E-state index in [0.717, 1.165) is 19.4 Å². The van der Waals surface area contributed by atoms with Gasteiger partial charge in [0.15, 0.2) is 0 Å². The standard InChI is InChI=1S/C13H24N4O3S/c1-11(2)14-5-6-17-9-13(8-15-17)21(18,19)16-12-4-3-7-20-10-12/h8-9,11-12,14,16H,3-7,10H2,1-2H3. The molecule has 0 radical (unpaired) electrons. The van der Waals surface area contributed by atoms with Gasteiger partial charge in [-0.25, -0.2) is 13.1 Å². The molecular formula is C13H24N4O3S. The van der Waals surface area contributed by atoms with E-state index in [9.17, 15) is 8.42 Å². The Morgan fingerprint density at radius 3 is 3.00 bits per heavy atom. The predicted molar refractivity (Wildman–Crippen MR) is 79.5 cm³/mol. The monoisotopic (exact) mass is 316 g/mol. The lowest BCUT2D eigenvalue weighted by Gasteiger charge is -2.22. The fraction of sp³-hybridized carbons (Fsp3) is 0.769. The summed E-state index contributed by atoms with van der Waals surface area (Å²) in [5.41, 5.74) is 0. The zero-order valence-electron chi connectivity index (χ0n) is 12.6. The lowest BCUT2D eigenvalue weighted by Crippen LogP contribution is -2.40. The Morgan fingerprint density at radius 1 is 1.52 bits per heavy atom. The number of hydrogen-bond acceptors (Lipinski definition) is 5. The molecule has 21 heavy (non-hydrogen) atoms. The van der Waals surface area contributed by atoms with E-state index in [4.69, 9.17) is 4.74 Å². The van der Waals surface area contributed by atoms with Crippen LogP contribution in [0.4, 0.5) is 0 Å². The highest BCUT2D eigenvalue weighted by Crippen LogP contribution is 2.12. The summed E-state index contributed by atoms with van der Waals surface area (Å²) < 4.78 is 34.1. The third-order valence-electron chi connectivity index (χ3n) is 3.30. The molecule has 1 aliphatic heterocycles. The smallest absolute Gasteiger partial charge is 0.244 e. The van der Waals surface area contributed by atoms with E-state index in [2.05, 4.69) is 29.0 Å². The largest absolute Gasteiger partial charge is 0.380 e. The van der Waals surface area contributed by atoms with Crippen molar-refractivity contribution in [3.8, 4) is 0 Å². The normalized spacial score (nSPS) is 20.0. The van der Waals surface area contributed by atoms with Crippen LogP contribution in [0.25, 0.3) is 0 Å². The minimum atomic E-state index is -3.51. The molecule has 2 N–H and O–H groups in total. The van der Waals surface area contributed by atoms with Gasteiger partial charge in [-0.2, -0.15) is 5.10 Å². The van der Waals surface area contributed by atoms with E-state index < -0.39 is 10.0 Å². The number of ether oxygens (including phenoxy) is 1. The molecule has 1 unspecified atom stereocenters. The zero-order chi connectivity index (χ0) is 15.3. The van der Waals surface area contributed by atoms with Gasteiger partial charge < -0.3 is 10.1 Å². The molecule has 120 valence electrons. The van der Waals surface area contributed by atoms with Gasteiger partial charge in [0.1, 0.15) is 4.90 Å². The predicted octanol–water partition coefficient (Wildman–Crippen LogP) is 0.338. The molecular weight excluding hydrogens is 292 g/mol. The molecule has 1 fully saturated rings. The lowest BCUT2D eigenvalue weighted by atomic mass is 10.1. The first kappa shape index (κ1) is 16.4. The third-order valence-corrected chi connectivity index (χ3v) is 4.77. The lowest BCUT2D eigenvalue weighted by molar-refractivity contribution is 0.0774. The Balaban J connectivity index is 1.92. The fourth-order valence-electron chi connectivity index (χ4n) is 2.19. The van der Waals surface area contributed by atoms with Gasteiger partial charge in [-0.1, -0.05) is 13.8 Å². The highest BCUT2D eigenvalue weighted by Gasteiger charge is 2.23. The molecule has 2 rings (SSSR count). The summed E-state index contributed by atoms with van der Waals surface area (Å²) in [4.78, 5) is 0.206. The van der Waals surface area contributed by atoms with Crippen LogP contribution in [0.2, 0.25) is 0 Å². The second-order valence-electron chi connectivity index (χ2n) is 5.58. The van der Waals surface area contributed by atoms with E-state index in [1.807, 2.05) is 0 Å². The Bertz CT molecular complexity index is 535. The van der Waals surface area contributed by atoms with Crippen molar-refractivity contribution >= 4 is 10.0 Å². The molecule has 0 spiro atoms. The van der Waals surface area contributed by atoms with Crippen LogP contribution < -0.4 is 10.0 Å². The van der Waals surface area contributed by atoms with Crippen LogP contribution in [0.15, 0.2) is 17.3 Å². The van der Waals surface area contributed by atoms with Crippen molar-refractivity contribution in [2.45, 2.75) is 50.2 Å². The Hall–Kier alpha value is -0.960. The van der Waals surface area contributed by atoms with Gasteiger partial charge in [-0.05, 0) is 12.8 Å². The van der Waals surface area contributed by atoms with Crippen molar-refractivity contribution in [1.82, 2.24) is 19.8 Å². The molecule has 0 aliphatic carbocycles. The average Bonchev–Trinajstić information content (AvgIpc) is 2.88. The molecule has 2 heterocycles. The van der Waals surface area contributed by atoms with Gasteiger partial charge in [0.2, 0.25) is 10.0 Å². The van der Waals surface area contributed by atoms with E-state index in [1.54, 1.807) is 10.9 Å². The van der Waals surface area contributed by atoms with Crippen LogP contribution in [0, 0.1) is 0 Å². The molecule has 0 bridgehead atoms. The van der Waals surface area contributed by atoms with Crippen LogP contribution >= 0.6 is 0 Å². The maximum Gasteiger partial charge on any atom is 0.244 e. The summed E-state index contributed by atoms with van der Waals surface area (Å²) in [5, 5.41) is 7.36. The van der Waals surface area contributed by atoms with E-state index in [1.165, 1.54) is 6.20 Å². The maximum atomic E-state index is 12.3. The maximum absolute atomic E-state index is 12.3. The number of hydrogen-bond donors (Lipinski definition) is 2. The van der Waals surface area contributed by atoms with Crippen molar-refractivity contribution in [2.75, 3.05) is 19.8 Å². The summed E-state index contributed by atoms with van der Waals surface area (Å²) in [6, 6.07) is 0.256. The molecule has 1 atom stereocenters. The molecule has 0 saturated carbocycles. The summed E-state index contributed by atoms with van der Waals surface area (Å²) in [6.07, 6.45) is 4.65. The summed E-state index contributed by atoms with van der Waals surface area (Å²) in [5.74, 6) is 0. The van der Waals surface area contributed by atoms with Gasteiger partial charge in [-0.15, -0.1) is 0 Å². The SMILES string of the molecule is CC(C)NCCn1cc(S(=O)(=O)NC2CCCOC2)cn1. The third kappa shape index (κ3) is 5.06. The Morgan fingerprint density at radius 2 is 2.33 bits per heavy atom. The highest BCUT2D eigenvalue weighted by atomic mass is 32.2. The second kappa shape index (κ2) is 7.35. The Kier molecular flexibility index (Phi) is 5.74. The van der Waals surface area contributed by atoms with Crippen molar-refractivity contribution in [3.63, 3.8) is 0 Å². The van der Waals surface area contributed by atoms with Crippen molar-refractivity contribution in [3.05, 3.63) is 12.4 Å². The molecule has 0 aromatic carbocycles. The van der Waals surface area contributed by atoms with Crippen molar-refractivity contribution in [1.29, 1.82) is 0 Å². The molecule has 1 saturated heterocycles. The van der Waals surface area contributed by atoms with Crippen molar-refractivity contribution in [2.24, 2.45) is 0 Å². The number of rotatable bonds is 7. The minimum Gasteiger partial charge on any atom is -0.380 e. The van der Waals surface area contributed by atoms with Gasteiger partial charge >= 0.3 is 0 Å². The van der Waals surface area contributed by atoms with Crippen LogP contribution in [-0.4, -0.2) is 50.0 Å². The first-order valence-electron chi connectivity index (χ1n) is 7.33. The molecule has 1 aliphatic rings. The Labute approximate surface area is 126 Å². The number of nitrogens with zero attached hydrogens (tertiary/aromatic N) is 2. The molecule has 8 heteroatoms. The van der Waals surface area contributed by atoms with Gasteiger partial charge in [-0.3, -0.25) is 4.68 Å².